The van der Waals surface area contributed by atoms with Gasteiger partial charge in [0.2, 0.25) is 0 Å². The SMILES string of the molecule is CCC(N)c1ccc(C#N)c(F)c1. The number of hydrogen-bond acceptors (Lipinski definition) is 2. The highest BCUT2D eigenvalue weighted by molar-refractivity contribution is 5.34. The predicted molar refractivity (Wildman–Crippen MR) is 48.3 cm³/mol. The lowest BCUT2D eigenvalue weighted by molar-refractivity contribution is 0.613. The molecule has 68 valence electrons. The van der Waals surface area contributed by atoms with E-state index in [1.807, 2.05) is 6.92 Å². The molecule has 0 fully saturated rings. The van der Waals surface area contributed by atoms with Crippen LogP contribution in [0, 0.1) is 17.1 Å². The van der Waals surface area contributed by atoms with E-state index in [2.05, 4.69) is 0 Å². The van der Waals surface area contributed by atoms with E-state index in [0.717, 1.165) is 12.0 Å². The van der Waals surface area contributed by atoms with Crippen molar-refractivity contribution in [1.29, 1.82) is 5.26 Å². The zero-order chi connectivity index (χ0) is 9.84. The van der Waals surface area contributed by atoms with Gasteiger partial charge in [0.15, 0.2) is 0 Å². The summed E-state index contributed by atoms with van der Waals surface area (Å²) in [5.74, 6) is -0.496. The Bertz CT molecular complexity index is 341. The fraction of sp³-hybridized carbons (Fsp3) is 0.300. The first kappa shape index (κ1) is 9.69. The van der Waals surface area contributed by atoms with Gasteiger partial charge in [0.05, 0.1) is 5.56 Å². The molecule has 0 saturated heterocycles. The molecule has 1 unspecified atom stereocenters. The number of nitriles is 1. The fourth-order valence-electron chi connectivity index (χ4n) is 1.09. The van der Waals surface area contributed by atoms with Gasteiger partial charge in [-0.1, -0.05) is 13.0 Å². The molecule has 0 aliphatic carbocycles. The summed E-state index contributed by atoms with van der Waals surface area (Å²) in [6, 6.07) is 6.09. The first-order valence-corrected chi connectivity index (χ1v) is 4.14. The van der Waals surface area contributed by atoms with Crippen LogP contribution < -0.4 is 5.73 Å². The number of halogens is 1. The highest BCUT2D eigenvalue weighted by atomic mass is 19.1. The number of nitrogens with two attached hydrogens (primary N) is 1. The molecule has 1 aromatic rings. The van der Waals surface area contributed by atoms with Crippen LogP contribution in [0.3, 0.4) is 0 Å². The van der Waals surface area contributed by atoms with Crippen molar-refractivity contribution < 1.29 is 4.39 Å². The molecular formula is C10H11FN2. The molecule has 0 aliphatic heterocycles. The first-order valence-electron chi connectivity index (χ1n) is 4.14. The third-order valence-corrected chi connectivity index (χ3v) is 1.98. The molecule has 1 aromatic carbocycles. The van der Waals surface area contributed by atoms with Crippen LogP contribution in [0.1, 0.15) is 30.5 Å². The molecule has 0 radical (unpaired) electrons. The van der Waals surface area contributed by atoms with Gasteiger partial charge in [0.25, 0.3) is 0 Å². The third kappa shape index (κ3) is 2.04. The summed E-state index contributed by atoms with van der Waals surface area (Å²) in [6.07, 6.45) is 0.755. The number of hydrogen-bond donors (Lipinski definition) is 1. The molecule has 0 amide bonds. The minimum Gasteiger partial charge on any atom is -0.324 e. The van der Waals surface area contributed by atoms with Gasteiger partial charge in [-0.3, -0.25) is 0 Å². The Morgan fingerprint density at radius 3 is 2.77 bits per heavy atom. The first-order chi connectivity index (χ1) is 6.19. The van der Waals surface area contributed by atoms with Crippen LogP contribution >= 0.6 is 0 Å². The van der Waals surface area contributed by atoms with Crippen molar-refractivity contribution in [2.45, 2.75) is 19.4 Å². The fourth-order valence-corrected chi connectivity index (χ4v) is 1.09. The zero-order valence-corrected chi connectivity index (χ0v) is 7.42. The molecule has 0 spiro atoms. The van der Waals surface area contributed by atoms with Crippen molar-refractivity contribution in [1.82, 2.24) is 0 Å². The molecule has 3 heteroatoms. The van der Waals surface area contributed by atoms with Crippen molar-refractivity contribution in [2.75, 3.05) is 0 Å². The molecule has 1 atom stereocenters. The minimum absolute atomic E-state index is 0.0621. The smallest absolute Gasteiger partial charge is 0.141 e. The second kappa shape index (κ2) is 4.01. The van der Waals surface area contributed by atoms with E-state index in [-0.39, 0.29) is 11.6 Å². The van der Waals surface area contributed by atoms with Gasteiger partial charge < -0.3 is 5.73 Å². The third-order valence-electron chi connectivity index (χ3n) is 1.98. The Morgan fingerprint density at radius 2 is 2.31 bits per heavy atom. The van der Waals surface area contributed by atoms with Crippen molar-refractivity contribution in [3.63, 3.8) is 0 Å². The van der Waals surface area contributed by atoms with Crippen LogP contribution in [0.25, 0.3) is 0 Å². The molecule has 0 aliphatic rings. The maximum absolute atomic E-state index is 13.1. The average Bonchev–Trinajstić information content (AvgIpc) is 2.16. The predicted octanol–water partition coefficient (Wildman–Crippen LogP) is 2.11. The van der Waals surface area contributed by atoms with E-state index >= 15 is 0 Å². The Hall–Kier alpha value is -1.40. The summed E-state index contributed by atoms with van der Waals surface area (Å²) in [5.41, 5.74) is 6.50. The Labute approximate surface area is 76.8 Å². The minimum atomic E-state index is -0.496. The second-order valence-electron chi connectivity index (χ2n) is 2.87. The van der Waals surface area contributed by atoms with Crippen LogP contribution in [-0.4, -0.2) is 0 Å². The topological polar surface area (TPSA) is 49.8 Å². The molecule has 1 rings (SSSR count). The maximum atomic E-state index is 13.1. The van der Waals surface area contributed by atoms with Crippen molar-refractivity contribution >= 4 is 0 Å². The molecular weight excluding hydrogens is 167 g/mol. The molecule has 0 saturated carbocycles. The van der Waals surface area contributed by atoms with Crippen LogP contribution in [0.5, 0.6) is 0 Å². The van der Waals surface area contributed by atoms with E-state index in [1.165, 1.54) is 12.1 Å². The Kier molecular flexibility index (Phi) is 2.99. The molecule has 2 N–H and O–H groups in total. The van der Waals surface area contributed by atoms with Crippen molar-refractivity contribution in [2.24, 2.45) is 5.73 Å². The molecule has 13 heavy (non-hydrogen) atoms. The van der Waals surface area contributed by atoms with Crippen molar-refractivity contribution in [3.05, 3.63) is 35.1 Å². The van der Waals surface area contributed by atoms with Gasteiger partial charge >= 0.3 is 0 Å². The largest absolute Gasteiger partial charge is 0.324 e. The van der Waals surface area contributed by atoms with Crippen LogP contribution in [0.2, 0.25) is 0 Å². The Balaban J connectivity index is 3.04. The van der Waals surface area contributed by atoms with Gasteiger partial charge in [-0.15, -0.1) is 0 Å². The zero-order valence-electron chi connectivity index (χ0n) is 7.42. The number of rotatable bonds is 2. The molecule has 0 heterocycles. The Morgan fingerprint density at radius 1 is 1.62 bits per heavy atom. The number of benzene rings is 1. The summed E-state index contributed by atoms with van der Waals surface area (Å²) in [7, 11) is 0. The van der Waals surface area contributed by atoms with Gasteiger partial charge in [0, 0.05) is 6.04 Å². The van der Waals surface area contributed by atoms with Gasteiger partial charge in [0.1, 0.15) is 11.9 Å². The van der Waals surface area contributed by atoms with Gasteiger partial charge in [-0.25, -0.2) is 4.39 Å². The summed E-state index contributed by atoms with van der Waals surface area (Å²) < 4.78 is 13.1. The van der Waals surface area contributed by atoms with Crippen LogP contribution in [0.4, 0.5) is 4.39 Å². The monoisotopic (exact) mass is 178 g/mol. The van der Waals surface area contributed by atoms with E-state index in [9.17, 15) is 4.39 Å². The lowest BCUT2D eigenvalue weighted by Crippen LogP contribution is -2.08. The number of nitrogens with zero attached hydrogens (tertiary/aromatic N) is 1. The molecule has 2 nitrogen and oxygen atoms in total. The lowest BCUT2D eigenvalue weighted by Gasteiger charge is -2.08. The van der Waals surface area contributed by atoms with E-state index in [4.69, 9.17) is 11.0 Å². The van der Waals surface area contributed by atoms with Gasteiger partial charge in [-0.2, -0.15) is 5.26 Å². The summed E-state index contributed by atoms with van der Waals surface area (Å²) in [5, 5.41) is 8.48. The van der Waals surface area contributed by atoms with E-state index in [1.54, 1.807) is 12.1 Å². The average molecular weight is 178 g/mol. The van der Waals surface area contributed by atoms with Crippen LogP contribution in [-0.2, 0) is 0 Å². The van der Waals surface area contributed by atoms with Gasteiger partial charge in [-0.05, 0) is 24.1 Å². The highest BCUT2D eigenvalue weighted by Gasteiger charge is 2.07. The normalized spacial score (nSPS) is 12.2. The lowest BCUT2D eigenvalue weighted by atomic mass is 10.0. The summed E-state index contributed by atoms with van der Waals surface area (Å²) in [4.78, 5) is 0. The summed E-state index contributed by atoms with van der Waals surface area (Å²) >= 11 is 0. The van der Waals surface area contributed by atoms with Crippen molar-refractivity contribution in [3.8, 4) is 6.07 Å². The maximum Gasteiger partial charge on any atom is 0.141 e. The van der Waals surface area contributed by atoms with Crippen LogP contribution in [0.15, 0.2) is 18.2 Å². The van der Waals surface area contributed by atoms with E-state index in [0.29, 0.717) is 0 Å². The second-order valence-corrected chi connectivity index (χ2v) is 2.87. The quantitative estimate of drug-likeness (QED) is 0.754. The van der Waals surface area contributed by atoms with E-state index < -0.39 is 5.82 Å². The summed E-state index contributed by atoms with van der Waals surface area (Å²) in [6.45, 7) is 1.93. The molecule has 0 bridgehead atoms. The molecule has 0 aromatic heterocycles. The standard InChI is InChI=1S/C10H11FN2/c1-2-10(13)7-3-4-8(6-12)9(11)5-7/h3-5,10H,2,13H2,1H3. The highest BCUT2D eigenvalue weighted by Crippen LogP contribution is 2.16.